The number of imide groups is 1. The van der Waals surface area contributed by atoms with E-state index in [1.54, 1.807) is 11.6 Å². The number of hydrogen-bond donors (Lipinski definition) is 4. The van der Waals surface area contributed by atoms with Crippen molar-refractivity contribution in [3.8, 4) is 5.75 Å². The summed E-state index contributed by atoms with van der Waals surface area (Å²) in [7, 11) is 5.42. The van der Waals surface area contributed by atoms with E-state index in [2.05, 4.69) is 39.8 Å². The van der Waals surface area contributed by atoms with Crippen LogP contribution in [0.3, 0.4) is 0 Å². The third kappa shape index (κ3) is 10.9. The molecule has 0 spiro atoms. The quantitative estimate of drug-likeness (QED) is 0.132. The summed E-state index contributed by atoms with van der Waals surface area (Å²) >= 11 is 3.53. The number of nitrogens with one attached hydrogen (secondary N) is 2. The Kier molecular flexibility index (Phi) is 18.0. The third-order valence-corrected chi connectivity index (χ3v) is 4.12. The molecule has 0 aromatic heterocycles. The number of hydrogen-bond acceptors (Lipinski definition) is 9. The minimum Gasteiger partial charge on any atom is -0.404 e. The van der Waals surface area contributed by atoms with Crippen molar-refractivity contribution < 1.29 is 55.5 Å². The van der Waals surface area contributed by atoms with Crippen LogP contribution in [0, 0.1) is 29.1 Å². The van der Waals surface area contributed by atoms with Crippen molar-refractivity contribution in [2.45, 2.75) is 12.8 Å². The first-order valence-corrected chi connectivity index (χ1v) is 11.5. The van der Waals surface area contributed by atoms with Gasteiger partial charge in [-0.15, -0.1) is 5.06 Å². The maximum absolute atomic E-state index is 12.9. The van der Waals surface area contributed by atoms with Crippen LogP contribution in [0.4, 0.5) is 31.5 Å². The van der Waals surface area contributed by atoms with Gasteiger partial charge in [0, 0.05) is 39.7 Å². The molecule has 0 atom stereocenters. The van der Waals surface area contributed by atoms with Crippen molar-refractivity contribution in [1.82, 2.24) is 20.6 Å². The number of hydroxylamine groups is 2. The normalized spacial score (nSPS) is 13.0. The number of allylic oxidation sites excluding steroid dienone is 1. The lowest BCUT2D eigenvalue weighted by atomic mass is 10.3. The highest BCUT2D eigenvalue weighted by Crippen LogP contribution is 2.29. The van der Waals surface area contributed by atoms with Gasteiger partial charge in [0.2, 0.25) is 34.8 Å². The topological polar surface area (TPSA) is 160 Å². The second kappa shape index (κ2) is 19.0. The molecule has 3 rings (SSSR count). The van der Waals surface area contributed by atoms with E-state index in [1.165, 1.54) is 33.3 Å². The van der Waals surface area contributed by atoms with Gasteiger partial charge in [0.05, 0.1) is 5.70 Å². The van der Waals surface area contributed by atoms with E-state index < -0.39 is 47.0 Å². The zero-order valence-electron chi connectivity index (χ0n) is 21.9. The number of benzene rings is 1. The Morgan fingerprint density at radius 2 is 1.25 bits per heavy atom. The SMILES string of the molecule is C=C1CCC(=O)N1OC(=O)NC.CN.CN1C(=O)C=CC1=O.CNC(=O)Oc1c(F)c(F)c(F)c(F)c1F.CS. The summed E-state index contributed by atoms with van der Waals surface area (Å²) in [5.41, 5.74) is 5.02. The molecule has 2 aliphatic heterocycles. The van der Waals surface area contributed by atoms with E-state index in [1.807, 2.05) is 0 Å². The highest BCUT2D eigenvalue weighted by molar-refractivity contribution is 7.79. The van der Waals surface area contributed by atoms with Crippen molar-refractivity contribution in [3.63, 3.8) is 0 Å². The van der Waals surface area contributed by atoms with Gasteiger partial charge in [-0.3, -0.25) is 19.3 Å². The summed E-state index contributed by atoms with van der Waals surface area (Å²) in [5.74, 6) is -13.5. The molecule has 0 radical (unpaired) electrons. The predicted molar refractivity (Wildman–Crippen MR) is 134 cm³/mol. The van der Waals surface area contributed by atoms with E-state index in [9.17, 15) is 45.9 Å². The number of thiol groups is 1. The van der Waals surface area contributed by atoms with Gasteiger partial charge in [0.15, 0.2) is 0 Å². The second-order valence-electron chi connectivity index (χ2n) is 6.49. The van der Waals surface area contributed by atoms with Gasteiger partial charge in [0.1, 0.15) is 0 Å². The summed E-state index contributed by atoms with van der Waals surface area (Å²) in [6.07, 6.45) is 3.09. The van der Waals surface area contributed by atoms with E-state index in [0.717, 1.165) is 17.0 Å². The minimum atomic E-state index is -2.32. The number of likely N-dealkylation sites (N-methyl/N-ethyl adjacent to an activating group) is 1. The fourth-order valence-corrected chi connectivity index (χ4v) is 2.17. The average Bonchev–Trinajstić information content (AvgIpc) is 3.45. The maximum atomic E-state index is 12.9. The third-order valence-electron chi connectivity index (χ3n) is 4.12. The van der Waals surface area contributed by atoms with Crippen LogP contribution in [0.15, 0.2) is 24.4 Å². The summed E-state index contributed by atoms with van der Waals surface area (Å²) in [4.78, 5) is 58.8. The zero-order valence-corrected chi connectivity index (χ0v) is 22.8. The highest BCUT2D eigenvalue weighted by Gasteiger charge is 2.29. The number of amides is 5. The Balaban J connectivity index is 0. The average molecular weight is 602 g/mol. The van der Waals surface area contributed by atoms with Crippen molar-refractivity contribution in [2.24, 2.45) is 5.73 Å². The van der Waals surface area contributed by atoms with Crippen molar-refractivity contribution in [3.05, 3.63) is 53.5 Å². The van der Waals surface area contributed by atoms with Crippen LogP contribution in [-0.4, -0.2) is 74.3 Å². The van der Waals surface area contributed by atoms with Gasteiger partial charge in [-0.05, 0) is 19.7 Å². The predicted octanol–water partition coefficient (Wildman–Crippen LogP) is 2.16. The molecule has 224 valence electrons. The first kappa shape index (κ1) is 38.0. The molecule has 2 aliphatic rings. The van der Waals surface area contributed by atoms with Crippen LogP contribution >= 0.6 is 12.6 Å². The van der Waals surface area contributed by atoms with E-state index in [0.29, 0.717) is 18.5 Å². The molecular weight excluding hydrogens is 573 g/mol. The van der Waals surface area contributed by atoms with E-state index in [4.69, 9.17) is 0 Å². The Morgan fingerprint density at radius 1 is 0.850 bits per heavy atom. The minimum absolute atomic E-state index is 0.233. The van der Waals surface area contributed by atoms with Gasteiger partial charge in [0.25, 0.3) is 17.7 Å². The lowest BCUT2D eigenvalue weighted by Crippen LogP contribution is -2.31. The summed E-state index contributed by atoms with van der Waals surface area (Å²) < 4.78 is 67.3. The standard InChI is InChI=1S/C8H4F5NO2.C7H10N2O3.C5H5NO2.CH5N.CH4S/c1-14-8(15)16-7-5(12)3(10)2(9)4(11)6(7)13;1-5-3-4-6(10)9(5)12-7(11)8-2;1-6-4(7)2-3-5(6)8;2*1-2/h1H3,(H,14,15);1,3-4H2,2H3,(H,8,11);2-3H,1H3;2H2,1H3;2H,1H3. The van der Waals surface area contributed by atoms with Gasteiger partial charge >= 0.3 is 12.2 Å². The maximum Gasteiger partial charge on any atom is 0.431 e. The molecule has 1 aromatic carbocycles. The largest absolute Gasteiger partial charge is 0.431 e. The molecule has 1 aromatic rings. The number of ether oxygens (including phenoxy) is 1. The number of halogens is 5. The molecule has 5 amide bonds. The fraction of sp³-hybridized carbons (Fsp3) is 0.318. The molecule has 4 N–H and O–H groups in total. The number of nitrogens with zero attached hydrogens (tertiary/aromatic N) is 2. The van der Waals surface area contributed by atoms with Crippen LogP contribution in [0.25, 0.3) is 0 Å². The zero-order chi connectivity index (χ0) is 31.7. The Bertz CT molecular complexity index is 1070. The van der Waals surface area contributed by atoms with Crippen molar-refractivity contribution in [1.29, 1.82) is 0 Å². The van der Waals surface area contributed by atoms with Crippen molar-refractivity contribution in [2.75, 3.05) is 34.4 Å². The number of carbonyl (C=O) groups excluding carboxylic acids is 5. The summed E-state index contributed by atoms with van der Waals surface area (Å²) in [5, 5.41) is 4.95. The summed E-state index contributed by atoms with van der Waals surface area (Å²) in [6.45, 7) is 3.57. The molecule has 18 heteroatoms. The molecule has 0 unspecified atom stereocenters. The van der Waals surface area contributed by atoms with Crippen LogP contribution in [-0.2, 0) is 19.2 Å². The van der Waals surface area contributed by atoms with E-state index in [-0.39, 0.29) is 17.7 Å². The molecule has 12 nitrogen and oxygen atoms in total. The van der Waals surface area contributed by atoms with Crippen LogP contribution < -0.4 is 21.1 Å². The molecule has 0 bridgehead atoms. The fourth-order valence-electron chi connectivity index (χ4n) is 2.17. The van der Waals surface area contributed by atoms with Crippen molar-refractivity contribution >= 4 is 42.5 Å². The summed E-state index contributed by atoms with van der Waals surface area (Å²) in [6, 6.07) is 0. The first-order chi connectivity index (χ1) is 18.8. The first-order valence-electron chi connectivity index (χ1n) is 10.6. The molecular formula is C22H28F5N5O7S. The highest BCUT2D eigenvalue weighted by atomic mass is 32.1. The smallest absolute Gasteiger partial charge is 0.404 e. The Labute approximate surface area is 231 Å². The van der Waals surface area contributed by atoms with Crippen LogP contribution in [0.2, 0.25) is 0 Å². The number of rotatable bonds is 2. The molecule has 40 heavy (non-hydrogen) atoms. The molecule has 2 heterocycles. The van der Waals surface area contributed by atoms with E-state index >= 15 is 0 Å². The van der Waals surface area contributed by atoms with Gasteiger partial charge < -0.3 is 25.9 Å². The lowest BCUT2D eigenvalue weighted by Gasteiger charge is -2.14. The Morgan fingerprint density at radius 3 is 1.55 bits per heavy atom. The monoisotopic (exact) mass is 601 g/mol. The molecule has 0 aliphatic carbocycles. The van der Waals surface area contributed by atoms with Crippen LogP contribution in [0.5, 0.6) is 5.75 Å². The molecule has 1 saturated heterocycles. The molecule has 0 saturated carbocycles. The van der Waals surface area contributed by atoms with Crippen LogP contribution in [0.1, 0.15) is 12.8 Å². The lowest BCUT2D eigenvalue weighted by molar-refractivity contribution is -0.151. The van der Waals surface area contributed by atoms with Gasteiger partial charge in [-0.2, -0.15) is 21.4 Å². The van der Waals surface area contributed by atoms with Gasteiger partial charge in [-0.25, -0.2) is 22.8 Å². The number of carbonyl (C=O) groups is 5. The Hall–Kier alpha value is -4.19. The second-order valence-corrected chi connectivity index (χ2v) is 6.49. The molecule has 1 fully saturated rings. The van der Waals surface area contributed by atoms with Gasteiger partial charge in [-0.1, -0.05) is 6.58 Å². The number of nitrogens with two attached hydrogens (primary N) is 1.